The van der Waals surface area contributed by atoms with E-state index in [1.807, 2.05) is 6.07 Å². The van der Waals surface area contributed by atoms with E-state index in [1.54, 1.807) is 42.6 Å². The Balaban J connectivity index is 2.09. The SMILES string of the molecule is Nc1ccc([S+]([O-])Nc2ccccn2)cc1. The molecular formula is C11H11N3OS. The van der Waals surface area contributed by atoms with Crippen molar-refractivity contribution >= 4 is 22.9 Å². The maximum absolute atomic E-state index is 11.8. The Kier molecular flexibility index (Phi) is 3.28. The Morgan fingerprint density at radius 3 is 2.50 bits per heavy atom. The number of pyridine rings is 1. The van der Waals surface area contributed by atoms with E-state index in [9.17, 15) is 4.55 Å². The van der Waals surface area contributed by atoms with Crippen LogP contribution in [0.1, 0.15) is 0 Å². The largest absolute Gasteiger partial charge is 0.588 e. The van der Waals surface area contributed by atoms with Gasteiger partial charge in [-0.3, -0.25) is 0 Å². The lowest BCUT2D eigenvalue weighted by Crippen LogP contribution is -2.13. The van der Waals surface area contributed by atoms with Crippen molar-refractivity contribution in [3.05, 3.63) is 48.7 Å². The van der Waals surface area contributed by atoms with Gasteiger partial charge in [0.2, 0.25) is 0 Å². The Bertz CT molecular complexity index is 447. The zero-order valence-electron chi connectivity index (χ0n) is 8.46. The molecule has 1 atom stereocenters. The number of hydrogen-bond acceptors (Lipinski definition) is 4. The predicted octanol–water partition coefficient (Wildman–Crippen LogP) is 1.80. The van der Waals surface area contributed by atoms with Gasteiger partial charge in [-0.05, 0) is 36.4 Å². The first-order valence-electron chi connectivity index (χ1n) is 4.71. The highest BCUT2D eigenvalue weighted by Crippen LogP contribution is 2.15. The fraction of sp³-hybridized carbons (Fsp3) is 0. The highest BCUT2D eigenvalue weighted by atomic mass is 32.2. The number of aromatic nitrogens is 1. The minimum atomic E-state index is -1.31. The van der Waals surface area contributed by atoms with E-state index in [4.69, 9.17) is 5.73 Å². The van der Waals surface area contributed by atoms with Crippen LogP contribution in [0.3, 0.4) is 0 Å². The molecule has 1 unspecified atom stereocenters. The molecule has 1 aromatic heterocycles. The zero-order chi connectivity index (χ0) is 11.4. The number of nitrogens with zero attached hydrogens (tertiary/aromatic N) is 1. The standard InChI is InChI=1S/C11H11N3OS/c12-9-4-6-10(7-5-9)16(15)14-11-3-1-2-8-13-11/h1-8H,12H2,(H,13,14). The molecule has 1 heterocycles. The molecule has 0 aliphatic carbocycles. The van der Waals surface area contributed by atoms with Crippen molar-refractivity contribution < 1.29 is 4.55 Å². The second-order valence-electron chi connectivity index (χ2n) is 3.15. The van der Waals surface area contributed by atoms with Crippen LogP contribution in [-0.4, -0.2) is 9.54 Å². The van der Waals surface area contributed by atoms with Gasteiger partial charge in [0, 0.05) is 11.9 Å². The van der Waals surface area contributed by atoms with Gasteiger partial charge in [0.1, 0.15) is 11.4 Å². The molecule has 5 heteroatoms. The van der Waals surface area contributed by atoms with Gasteiger partial charge in [0.25, 0.3) is 0 Å². The molecule has 0 saturated heterocycles. The molecule has 0 radical (unpaired) electrons. The summed E-state index contributed by atoms with van der Waals surface area (Å²) in [5, 5.41) is 0. The van der Waals surface area contributed by atoms with E-state index in [-0.39, 0.29) is 0 Å². The second kappa shape index (κ2) is 4.87. The molecule has 0 aliphatic rings. The highest BCUT2D eigenvalue weighted by molar-refractivity contribution is 7.92. The Morgan fingerprint density at radius 1 is 1.12 bits per heavy atom. The predicted molar refractivity (Wildman–Crippen MR) is 65.1 cm³/mol. The molecule has 0 amide bonds. The summed E-state index contributed by atoms with van der Waals surface area (Å²) in [4.78, 5) is 4.70. The first kappa shape index (κ1) is 10.8. The summed E-state index contributed by atoms with van der Waals surface area (Å²) in [7, 11) is 0. The smallest absolute Gasteiger partial charge is 0.180 e. The van der Waals surface area contributed by atoms with E-state index in [1.165, 1.54) is 0 Å². The minimum Gasteiger partial charge on any atom is -0.588 e. The van der Waals surface area contributed by atoms with Gasteiger partial charge < -0.3 is 10.3 Å². The highest BCUT2D eigenvalue weighted by Gasteiger charge is 2.11. The number of anilines is 2. The van der Waals surface area contributed by atoms with Crippen molar-refractivity contribution in [2.45, 2.75) is 4.90 Å². The lowest BCUT2D eigenvalue weighted by atomic mass is 10.3. The molecule has 0 fully saturated rings. The molecule has 0 spiro atoms. The third kappa shape index (κ3) is 2.65. The summed E-state index contributed by atoms with van der Waals surface area (Å²) in [5.41, 5.74) is 6.20. The third-order valence-corrected chi connectivity index (χ3v) is 3.05. The second-order valence-corrected chi connectivity index (χ2v) is 4.37. The molecule has 1 aromatic carbocycles. The number of rotatable bonds is 3. The molecule has 16 heavy (non-hydrogen) atoms. The van der Waals surface area contributed by atoms with Gasteiger partial charge in [-0.2, -0.15) is 4.72 Å². The van der Waals surface area contributed by atoms with Crippen molar-refractivity contribution in [3.63, 3.8) is 0 Å². The van der Waals surface area contributed by atoms with Gasteiger partial charge in [-0.1, -0.05) is 6.07 Å². The summed E-state index contributed by atoms with van der Waals surface area (Å²) in [5.74, 6) is 0.581. The molecule has 0 saturated carbocycles. The Labute approximate surface area is 96.8 Å². The van der Waals surface area contributed by atoms with Crippen LogP contribution >= 0.6 is 0 Å². The number of nitrogens with one attached hydrogen (secondary N) is 1. The maximum Gasteiger partial charge on any atom is 0.180 e. The normalized spacial score (nSPS) is 12.1. The summed E-state index contributed by atoms with van der Waals surface area (Å²) in [6.07, 6.45) is 1.64. The van der Waals surface area contributed by atoms with E-state index >= 15 is 0 Å². The number of benzene rings is 1. The summed E-state index contributed by atoms with van der Waals surface area (Å²) >= 11 is -1.31. The zero-order valence-corrected chi connectivity index (χ0v) is 9.28. The van der Waals surface area contributed by atoms with Crippen LogP contribution in [0.15, 0.2) is 53.6 Å². The van der Waals surface area contributed by atoms with Gasteiger partial charge in [-0.25, -0.2) is 4.98 Å². The van der Waals surface area contributed by atoms with Gasteiger partial charge in [0.05, 0.1) is 0 Å². The first-order valence-corrected chi connectivity index (χ1v) is 5.86. The molecule has 0 aliphatic heterocycles. The summed E-state index contributed by atoms with van der Waals surface area (Å²) < 4.78 is 14.6. The van der Waals surface area contributed by atoms with Crippen molar-refractivity contribution in [2.75, 3.05) is 10.5 Å². The van der Waals surface area contributed by atoms with Crippen LogP contribution in [0.5, 0.6) is 0 Å². The maximum atomic E-state index is 11.8. The van der Waals surface area contributed by atoms with Crippen LogP contribution < -0.4 is 10.5 Å². The molecule has 2 rings (SSSR count). The average molecular weight is 233 g/mol. The van der Waals surface area contributed by atoms with Crippen LogP contribution in [0.2, 0.25) is 0 Å². The van der Waals surface area contributed by atoms with Crippen LogP contribution in [0.4, 0.5) is 11.5 Å². The van der Waals surface area contributed by atoms with Crippen LogP contribution in [0, 0.1) is 0 Å². The first-order chi connectivity index (χ1) is 7.75. The molecule has 2 aromatic rings. The van der Waals surface area contributed by atoms with Gasteiger partial charge in [-0.15, -0.1) is 0 Å². The number of hydrogen-bond donors (Lipinski definition) is 2. The van der Waals surface area contributed by atoms with E-state index in [2.05, 4.69) is 9.71 Å². The summed E-state index contributed by atoms with van der Waals surface area (Å²) in [6.45, 7) is 0. The molecular weight excluding hydrogens is 222 g/mol. The van der Waals surface area contributed by atoms with Gasteiger partial charge >= 0.3 is 0 Å². The van der Waals surface area contributed by atoms with Gasteiger partial charge in [0.15, 0.2) is 10.7 Å². The fourth-order valence-electron chi connectivity index (χ4n) is 1.17. The summed E-state index contributed by atoms with van der Waals surface area (Å²) in [6, 6.07) is 12.3. The molecule has 82 valence electrons. The van der Waals surface area contributed by atoms with Crippen molar-refractivity contribution in [3.8, 4) is 0 Å². The van der Waals surface area contributed by atoms with Crippen LogP contribution in [-0.2, 0) is 11.4 Å². The average Bonchev–Trinajstić information content (AvgIpc) is 2.31. The molecule has 3 N–H and O–H groups in total. The van der Waals surface area contributed by atoms with E-state index in [0.717, 1.165) is 0 Å². The third-order valence-electron chi connectivity index (χ3n) is 1.96. The monoisotopic (exact) mass is 233 g/mol. The molecule has 4 nitrogen and oxygen atoms in total. The Hall–Kier alpha value is -1.72. The number of nitrogen functional groups attached to an aromatic ring is 1. The van der Waals surface area contributed by atoms with E-state index < -0.39 is 11.4 Å². The quantitative estimate of drug-likeness (QED) is 0.626. The lowest BCUT2D eigenvalue weighted by Gasteiger charge is -2.10. The molecule has 0 bridgehead atoms. The van der Waals surface area contributed by atoms with Crippen molar-refractivity contribution in [1.29, 1.82) is 0 Å². The van der Waals surface area contributed by atoms with Crippen molar-refractivity contribution in [1.82, 2.24) is 4.98 Å². The minimum absolute atomic E-state index is 0.581. The van der Waals surface area contributed by atoms with E-state index in [0.29, 0.717) is 16.4 Å². The lowest BCUT2D eigenvalue weighted by molar-refractivity contribution is 0.600. The number of nitrogens with two attached hydrogens (primary N) is 1. The topological polar surface area (TPSA) is 74.0 Å². The fourth-order valence-corrected chi connectivity index (χ4v) is 1.98. The van der Waals surface area contributed by atoms with Crippen molar-refractivity contribution in [2.24, 2.45) is 0 Å². The van der Waals surface area contributed by atoms with Crippen LogP contribution in [0.25, 0.3) is 0 Å². The Morgan fingerprint density at radius 2 is 1.88 bits per heavy atom.